The van der Waals surface area contributed by atoms with Crippen LogP contribution < -0.4 is 0 Å². The fraction of sp³-hybridized carbons (Fsp3) is 0.381. The molecule has 0 amide bonds. The van der Waals surface area contributed by atoms with Crippen LogP contribution in [0.3, 0.4) is 0 Å². The molecule has 2 N–H and O–H groups in total. The van der Waals surface area contributed by atoms with Gasteiger partial charge in [-0.2, -0.15) is 0 Å². The average Bonchev–Trinajstić information content (AvgIpc) is 2.94. The number of benzene rings is 2. The number of rotatable bonds is 4. The van der Waals surface area contributed by atoms with Crippen molar-refractivity contribution in [1.29, 1.82) is 0 Å². The predicted molar refractivity (Wildman–Crippen MR) is 94.3 cm³/mol. The van der Waals surface area contributed by atoms with Gasteiger partial charge in [0.25, 0.3) is 0 Å². The summed E-state index contributed by atoms with van der Waals surface area (Å²) in [6, 6.07) is 14.3. The van der Waals surface area contributed by atoms with Crippen molar-refractivity contribution in [3.05, 3.63) is 48.0 Å². The fourth-order valence-corrected chi connectivity index (χ4v) is 3.50. The van der Waals surface area contributed by atoms with Gasteiger partial charge in [-0.05, 0) is 29.2 Å². The van der Waals surface area contributed by atoms with Gasteiger partial charge in [0.2, 0.25) is 0 Å². The minimum Gasteiger partial charge on any atom is -0.393 e. The van der Waals surface area contributed by atoms with E-state index >= 15 is 0 Å². The molecule has 3 rings (SSSR count). The molecule has 3 nitrogen and oxygen atoms in total. The van der Waals surface area contributed by atoms with E-state index in [0.29, 0.717) is 19.3 Å². The number of aliphatic hydroxyl groups excluding tert-OH is 2. The lowest BCUT2D eigenvalue weighted by molar-refractivity contribution is -0.109. The highest BCUT2D eigenvalue weighted by Gasteiger charge is 2.33. The Morgan fingerprint density at radius 1 is 1.17 bits per heavy atom. The maximum Gasteiger partial charge on any atom is 0.120 e. The van der Waals surface area contributed by atoms with E-state index in [2.05, 4.69) is 36.1 Å². The van der Waals surface area contributed by atoms with Gasteiger partial charge >= 0.3 is 0 Å². The van der Waals surface area contributed by atoms with E-state index in [1.165, 1.54) is 5.39 Å². The van der Waals surface area contributed by atoms with Gasteiger partial charge in [-0.3, -0.25) is 0 Å². The van der Waals surface area contributed by atoms with Crippen LogP contribution >= 0.6 is 0 Å². The molecule has 2 aromatic rings. The lowest BCUT2D eigenvalue weighted by atomic mass is 9.92. The molecule has 0 spiro atoms. The molecule has 1 unspecified atom stereocenters. The molecule has 0 heterocycles. The highest BCUT2D eigenvalue weighted by atomic mass is 16.3. The van der Waals surface area contributed by atoms with Crippen LogP contribution in [0.1, 0.15) is 24.8 Å². The topological polar surface area (TPSA) is 57.5 Å². The van der Waals surface area contributed by atoms with Crippen molar-refractivity contribution in [2.45, 2.75) is 37.9 Å². The SMILES string of the molecule is O=CC[C@@H]1[C@H](O)CC[C@H]1C#CC(O)Cc1ccc2ccccc2c1. The van der Waals surface area contributed by atoms with E-state index in [0.717, 1.165) is 23.7 Å². The summed E-state index contributed by atoms with van der Waals surface area (Å²) in [5.41, 5.74) is 1.05. The molecular weight excluding hydrogens is 300 g/mol. The Labute approximate surface area is 142 Å². The minimum atomic E-state index is -0.735. The zero-order valence-electron chi connectivity index (χ0n) is 13.6. The van der Waals surface area contributed by atoms with Gasteiger partial charge in [0.1, 0.15) is 12.4 Å². The summed E-state index contributed by atoms with van der Waals surface area (Å²) in [4.78, 5) is 10.7. The van der Waals surface area contributed by atoms with Crippen molar-refractivity contribution in [3.63, 3.8) is 0 Å². The van der Waals surface area contributed by atoms with Gasteiger partial charge in [-0.25, -0.2) is 0 Å². The molecule has 24 heavy (non-hydrogen) atoms. The van der Waals surface area contributed by atoms with E-state index in [1.54, 1.807) is 0 Å². The molecule has 0 saturated heterocycles. The van der Waals surface area contributed by atoms with E-state index in [9.17, 15) is 15.0 Å². The van der Waals surface area contributed by atoms with Gasteiger partial charge in [0, 0.05) is 24.7 Å². The first-order valence-corrected chi connectivity index (χ1v) is 8.46. The second kappa shape index (κ2) is 7.61. The summed E-state index contributed by atoms with van der Waals surface area (Å²) in [5.74, 6) is 5.90. The third kappa shape index (κ3) is 3.84. The Hall–Kier alpha value is -2.15. The highest BCUT2D eigenvalue weighted by molar-refractivity contribution is 5.83. The second-order valence-electron chi connectivity index (χ2n) is 6.51. The predicted octanol–water partition coefficient (Wildman–Crippen LogP) is 2.72. The summed E-state index contributed by atoms with van der Waals surface area (Å²) >= 11 is 0. The first-order chi connectivity index (χ1) is 11.7. The average molecular weight is 322 g/mol. The number of hydrogen-bond donors (Lipinski definition) is 2. The normalized spacial score (nSPS) is 24.3. The zero-order chi connectivity index (χ0) is 16.9. The largest absolute Gasteiger partial charge is 0.393 e. The molecule has 1 aliphatic carbocycles. The van der Waals surface area contributed by atoms with Crippen LogP contribution in [0.15, 0.2) is 42.5 Å². The van der Waals surface area contributed by atoms with E-state index in [1.807, 2.05) is 18.2 Å². The van der Waals surface area contributed by atoms with Gasteiger partial charge < -0.3 is 15.0 Å². The molecule has 0 aromatic heterocycles. The molecule has 2 aromatic carbocycles. The maximum atomic E-state index is 10.7. The van der Waals surface area contributed by atoms with Crippen molar-refractivity contribution >= 4 is 17.1 Å². The molecule has 0 bridgehead atoms. The van der Waals surface area contributed by atoms with Crippen LogP contribution in [0, 0.1) is 23.7 Å². The third-order valence-corrected chi connectivity index (χ3v) is 4.83. The smallest absolute Gasteiger partial charge is 0.120 e. The van der Waals surface area contributed by atoms with Crippen molar-refractivity contribution in [3.8, 4) is 11.8 Å². The van der Waals surface area contributed by atoms with E-state index < -0.39 is 12.2 Å². The molecule has 0 radical (unpaired) electrons. The standard InChI is InChI=1S/C21H22O3/c22-12-11-20-17(8-10-21(20)24)7-9-19(23)14-15-5-6-16-3-1-2-4-18(16)13-15/h1-6,12-13,17,19-21,23-24H,8,10-11,14H2/t17-,19?,20+,21-/m1/s1. The Bertz CT molecular complexity index is 771. The van der Waals surface area contributed by atoms with Crippen LogP contribution in [-0.2, 0) is 11.2 Å². The lowest BCUT2D eigenvalue weighted by Gasteiger charge is -2.15. The summed E-state index contributed by atoms with van der Waals surface area (Å²) in [6.45, 7) is 0. The number of hydrogen-bond acceptors (Lipinski definition) is 3. The number of fused-ring (bicyclic) bond motifs is 1. The fourth-order valence-electron chi connectivity index (χ4n) is 3.50. The van der Waals surface area contributed by atoms with Gasteiger partial charge in [-0.1, -0.05) is 54.3 Å². The van der Waals surface area contributed by atoms with Crippen LogP contribution in [-0.4, -0.2) is 28.7 Å². The third-order valence-electron chi connectivity index (χ3n) is 4.83. The lowest BCUT2D eigenvalue weighted by Crippen LogP contribution is -2.19. The first-order valence-electron chi connectivity index (χ1n) is 8.46. The Morgan fingerprint density at radius 2 is 1.96 bits per heavy atom. The molecule has 3 heteroatoms. The van der Waals surface area contributed by atoms with Crippen molar-refractivity contribution in [2.24, 2.45) is 11.8 Å². The van der Waals surface area contributed by atoms with Crippen molar-refractivity contribution in [1.82, 2.24) is 0 Å². The molecule has 1 saturated carbocycles. The van der Waals surface area contributed by atoms with Crippen LogP contribution in [0.5, 0.6) is 0 Å². The van der Waals surface area contributed by atoms with Gasteiger partial charge in [0.05, 0.1) is 6.10 Å². The number of carbonyl (C=O) groups excluding carboxylic acids is 1. The van der Waals surface area contributed by atoms with Gasteiger partial charge in [0.15, 0.2) is 0 Å². The number of aldehydes is 1. The quantitative estimate of drug-likeness (QED) is 0.672. The van der Waals surface area contributed by atoms with E-state index in [-0.39, 0.29) is 11.8 Å². The molecule has 124 valence electrons. The van der Waals surface area contributed by atoms with E-state index in [4.69, 9.17) is 0 Å². The maximum absolute atomic E-state index is 10.7. The summed E-state index contributed by atoms with van der Waals surface area (Å²) in [7, 11) is 0. The number of aliphatic hydroxyl groups is 2. The zero-order valence-corrected chi connectivity index (χ0v) is 13.6. The Balaban J connectivity index is 1.66. The monoisotopic (exact) mass is 322 g/mol. The molecule has 1 aliphatic rings. The first kappa shape index (κ1) is 16.7. The van der Waals surface area contributed by atoms with Gasteiger partial charge in [-0.15, -0.1) is 0 Å². The number of carbonyl (C=O) groups is 1. The highest BCUT2D eigenvalue weighted by Crippen LogP contribution is 2.33. The Morgan fingerprint density at radius 3 is 2.75 bits per heavy atom. The molecule has 4 atom stereocenters. The molecule has 0 aliphatic heterocycles. The Kier molecular flexibility index (Phi) is 5.30. The van der Waals surface area contributed by atoms with Crippen LogP contribution in [0.2, 0.25) is 0 Å². The second-order valence-corrected chi connectivity index (χ2v) is 6.51. The molecular formula is C21H22O3. The van der Waals surface area contributed by atoms with Crippen LogP contribution in [0.4, 0.5) is 0 Å². The summed E-state index contributed by atoms with van der Waals surface area (Å²) in [5, 5.41) is 22.4. The molecule has 1 fully saturated rings. The van der Waals surface area contributed by atoms with Crippen molar-refractivity contribution in [2.75, 3.05) is 0 Å². The summed E-state index contributed by atoms with van der Waals surface area (Å²) in [6.07, 6.45) is 1.94. The minimum absolute atomic E-state index is 0.00328. The summed E-state index contributed by atoms with van der Waals surface area (Å²) < 4.78 is 0. The van der Waals surface area contributed by atoms with Crippen molar-refractivity contribution < 1.29 is 15.0 Å². The van der Waals surface area contributed by atoms with Crippen LogP contribution in [0.25, 0.3) is 10.8 Å².